The van der Waals surface area contributed by atoms with E-state index in [0.717, 1.165) is 12.8 Å². The Kier molecular flexibility index (Phi) is 6.51. The van der Waals surface area contributed by atoms with Crippen molar-refractivity contribution in [1.29, 1.82) is 5.26 Å². The zero-order valence-corrected chi connectivity index (χ0v) is 20.1. The van der Waals surface area contributed by atoms with Crippen molar-refractivity contribution in [2.24, 2.45) is 0 Å². The first-order valence-corrected chi connectivity index (χ1v) is 11.9. The number of nitrogens with zero attached hydrogens (tertiary/aromatic N) is 6. The lowest BCUT2D eigenvalue weighted by Gasteiger charge is -2.24. The SMILES string of the molecule is C/C=C(\C#N)C(=O)N1CCCC1Cn1nc(-c2ccc(Oc3ccccc3)cc2F)c2c(N)ncnc21. The number of nitrogen functional groups attached to an aromatic ring is 1. The number of nitriles is 1. The van der Waals surface area contributed by atoms with E-state index in [9.17, 15) is 10.1 Å². The van der Waals surface area contributed by atoms with Gasteiger partial charge in [0.05, 0.1) is 18.0 Å². The van der Waals surface area contributed by atoms with E-state index in [1.807, 2.05) is 24.3 Å². The molecule has 1 unspecified atom stereocenters. The summed E-state index contributed by atoms with van der Waals surface area (Å²) in [5.41, 5.74) is 7.26. The molecule has 2 aromatic heterocycles. The number of halogens is 1. The van der Waals surface area contributed by atoms with Crippen LogP contribution < -0.4 is 10.5 Å². The van der Waals surface area contributed by atoms with Gasteiger partial charge in [-0.15, -0.1) is 0 Å². The fraction of sp³-hybridized carbons (Fsp3) is 0.222. The van der Waals surface area contributed by atoms with E-state index in [4.69, 9.17) is 10.5 Å². The first-order chi connectivity index (χ1) is 18.0. The van der Waals surface area contributed by atoms with Crippen LogP contribution in [0.3, 0.4) is 0 Å². The Balaban J connectivity index is 1.50. The van der Waals surface area contributed by atoms with Crippen LogP contribution in [0.2, 0.25) is 0 Å². The minimum Gasteiger partial charge on any atom is -0.457 e. The number of aromatic nitrogens is 4. The van der Waals surface area contributed by atoms with Gasteiger partial charge in [-0.25, -0.2) is 19.0 Å². The number of rotatable bonds is 6. The van der Waals surface area contributed by atoms with Gasteiger partial charge in [0.1, 0.15) is 46.8 Å². The summed E-state index contributed by atoms with van der Waals surface area (Å²) in [4.78, 5) is 23.0. The van der Waals surface area contributed by atoms with E-state index in [1.165, 1.54) is 18.5 Å². The minimum atomic E-state index is -0.535. The molecule has 9 nitrogen and oxygen atoms in total. The summed E-state index contributed by atoms with van der Waals surface area (Å²) in [6.07, 6.45) is 4.39. The lowest BCUT2D eigenvalue weighted by atomic mass is 10.1. The molecular weight excluding hydrogens is 473 g/mol. The van der Waals surface area contributed by atoms with Crippen LogP contribution in [0.25, 0.3) is 22.3 Å². The van der Waals surface area contributed by atoms with Crippen LogP contribution in [0.1, 0.15) is 19.8 Å². The van der Waals surface area contributed by atoms with E-state index in [-0.39, 0.29) is 28.9 Å². The number of amides is 1. The van der Waals surface area contributed by atoms with E-state index in [1.54, 1.807) is 40.8 Å². The third kappa shape index (κ3) is 4.59. The zero-order valence-electron chi connectivity index (χ0n) is 20.1. The van der Waals surface area contributed by atoms with Crippen LogP contribution in [0.4, 0.5) is 10.2 Å². The molecule has 2 aromatic carbocycles. The summed E-state index contributed by atoms with van der Waals surface area (Å²) < 4.78 is 22.7. The number of hydrogen-bond acceptors (Lipinski definition) is 7. The highest BCUT2D eigenvalue weighted by atomic mass is 19.1. The highest BCUT2D eigenvalue weighted by molar-refractivity contribution is 5.99. The van der Waals surface area contributed by atoms with Crippen molar-refractivity contribution in [2.75, 3.05) is 12.3 Å². The van der Waals surface area contributed by atoms with Crippen LogP contribution in [0.5, 0.6) is 11.5 Å². The average Bonchev–Trinajstić information content (AvgIpc) is 3.51. The maximum absolute atomic E-state index is 15.3. The van der Waals surface area contributed by atoms with Gasteiger partial charge in [0.15, 0.2) is 5.65 Å². The number of likely N-dealkylation sites (tertiary alicyclic amines) is 1. The fourth-order valence-corrected chi connectivity index (χ4v) is 4.61. The number of allylic oxidation sites excluding steroid dienone is 1. The molecule has 0 spiro atoms. The van der Waals surface area contributed by atoms with Gasteiger partial charge in [0, 0.05) is 18.2 Å². The smallest absolute Gasteiger partial charge is 0.264 e. The molecule has 186 valence electrons. The molecule has 1 atom stereocenters. The molecule has 1 aliphatic heterocycles. The van der Waals surface area contributed by atoms with Gasteiger partial charge >= 0.3 is 0 Å². The second-order valence-corrected chi connectivity index (χ2v) is 8.65. The zero-order chi connectivity index (χ0) is 25.9. The van der Waals surface area contributed by atoms with Gasteiger partial charge in [-0.05, 0) is 44.0 Å². The molecule has 0 saturated carbocycles. The number of hydrogen-bond donors (Lipinski definition) is 1. The Hall–Kier alpha value is -4.78. The molecule has 1 amide bonds. The molecule has 2 N–H and O–H groups in total. The molecule has 10 heteroatoms. The quantitative estimate of drug-likeness (QED) is 0.308. The molecular formula is C27H24FN7O2. The van der Waals surface area contributed by atoms with Gasteiger partial charge < -0.3 is 15.4 Å². The summed E-state index contributed by atoms with van der Waals surface area (Å²) in [6, 6.07) is 15.4. The number of carbonyl (C=O) groups is 1. The second-order valence-electron chi connectivity index (χ2n) is 8.65. The first kappa shape index (κ1) is 23.9. The van der Waals surface area contributed by atoms with Crippen molar-refractivity contribution < 1.29 is 13.9 Å². The van der Waals surface area contributed by atoms with Gasteiger partial charge in [-0.3, -0.25) is 4.79 Å². The average molecular weight is 498 g/mol. The van der Waals surface area contributed by atoms with Gasteiger partial charge in [-0.2, -0.15) is 10.4 Å². The molecule has 37 heavy (non-hydrogen) atoms. The third-order valence-corrected chi connectivity index (χ3v) is 6.39. The number of carbonyl (C=O) groups excluding carboxylic acids is 1. The van der Waals surface area contributed by atoms with Crippen molar-refractivity contribution >= 4 is 22.8 Å². The van der Waals surface area contributed by atoms with Gasteiger partial charge in [0.25, 0.3) is 5.91 Å². The van der Waals surface area contributed by atoms with Crippen molar-refractivity contribution in [1.82, 2.24) is 24.6 Å². The Morgan fingerprint density at radius 3 is 2.78 bits per heavy atom. The van der Waals surface area contributed by atoms with Crippen molar-refractivity contribution in [3.63, 3.8) is 0 Å². The number of ether oxygens (including phenoxy) is 1. The van der Waals surface area contributed by atoms with Crippen molar-refractivity contribution in [3.8, 4) is 28.8 Å². The van der Waals surface area contributed by atoms with Gasteiger partial charge in [-0.1, -0.05) is 24.3 Å². The van der Waals surface area contributed by atoms with Crippen molar-refractivity contribution in [3.05, 3.63) is 72.3 Å². The highest BCUT2D eigenvalue weighted by Crippen LogP contribution is 2.34. The molecule has 1 fully saturated rings. The Bertz CT molecular complexity index is 1540. The highest BCUT2D eigenvalue weighted by Gasteiger charge is 2.32. The van der Waals surface area contributed by atoms with E-state index < -0.39 is 5.82 Å². The lowest BCUT2D eigenvalue weighted by Crippen LogP contribution is -2.39. The maximum atomic E-state index is 15.3. The maximum Gasteiger partial charge on any atom is 0.264 e. The summed E-state index contributed by atoms with van der Waals surface area (Å²) in [7, 11) is 0. The Morgan fingerprint density at radius 2 is 2.05 bits per heavy atom. The van der Waals surface area contributed by atoms with Crippen molar-refractivity contribution in [2.45, 2.75) is 32.4 Å². The number of fused-ring (bicyclic) bond motifs is 1. The predicted molar refractivity (Wildman–Crippen MR) is 136 cm³/mol. The molecule has 0 bridgehead atoms. The summed E-state index contributed by atoms with van der Waals surface area (Å²) in [6.45, 7) is 2.53. The summed E-state index contributed by atoms with van der Waals surface area (Å²) in [5, 5.41) is 14.4. The predicted octanol–water partition coefficient (Wildman–Crippen LogP) is 4.47. The van der Waals surface area contributed by atoms with E-state index in [2.05, 4.69) is 15.1 Å². The number of para-hydroxylation sites is 1. The molecule has 1 saturated heterocycles. The molecule has 0 aliphatic carbocycles. The standard InChI is InChI=1S/C27H24FN7O2/c1-2-17(14-29)27(36)34-12-6-7-18(34)15-35-26-23(25(30)31-16-32-26)24(33-35)21-11-10-20(13-22(21)28)37-19-8-4-3-5-9-19/h2-5,8-11,13,16,18H,6-7,12,15H2,1H3,(H2,30,31,32)/b17-2+. The Labute approximate surface area is 212 Å². The molecule has 0 radical (unpaired) electrons. The van der Waals surface area contributed by atoms with E-state index in [0.29, 0.717) is 41.3 Å². The third-order valence-electron chi connectivity index (χ3n) is 6.39. The largest absolute Gasteiger partial charge is 0.457 e. The van der Waals surface area contributed by atoms with E-state index >= 15 is 4.39 Å². The lowest BCUT2D eigenvalue weighted by molar-refractivity contribution is -0.127. The summed E-state index contributed by atoms with van der Waals surface area (Å²) >= 11 is 0. The molecule has 5 rings (SSSR count). The van der Waals surface area contributed by atoms with Crippen LogP contribution >= 0.6 is 0 Å². The normalized spacial score (nSPS) is 15.6. The summed E-state index contributed by atoms with van der Waals surface area (Å²) in [5.74, 6) is 0.272. The molecule has 4 aromatic rings. The number of benzene rings is 2. The second kappa shape index (κ2) is 10.1. The molecule has 3 heterocycles. The topological polar surface area (TPSA) is 123 Å². The number of anilines is 1. The van der Waals surface area contributed by atoms with Crippen LogP contribution in [-0.4, -0.2) is 43.1 Å². The Morgan fingerprint density at radius 1 is 1.24 bits per heavy atom. The van der Waals surface area contributed by atoms with Crippen LogP contribution in [0.15, 0.2) is 66.5 Å². The first-order valence-electron chi connectivity index (χ1n) is 11.9. The minimum absolute atomic E-state index is 0.101. The van der Waals surface area contributed by atoms with Crippen LogP contribution in [0, 0.1) is 17.1 Å². The fourth-order valence-electron chi connectivity index (χ4n) is 4.61. The monoisotopic (exact) mass is 497 g/mol. The molecule has 1 aliphatic rings. The number of nitrogens with two attached hydrogens (primary N) is 1. The van der Waals surface area contributed by atoms with Gasteiger partial charge in [0.2, 0.25) is 0 Å². The van der Waals surface area contributed by atoms with Crippen LogP contribution in [-0.2, 0) is 11.3 Å².